The molecule has 1 aromatic rings. The van der Waals surface area contributed by atoms with Crippen LogP contribution in [0, 0.1) is 5.92 Å². The van der Waals surface area contributed by atoms with Crippen LogP contribution in [0.1, 0.15) is 18.0 Å². The van der Waals surface area contributed by atoms with E-state index >= 15 is 0 Å². The smallest absolute Gasteiger partial charge is 0.235 e. The summed E-state index contributed by atoms with van der Waals surface area (Å²) in [5, 5.41) is 5.36. The molecule has 6 heteroatoms. The van der Waals surface area contributed by atoms with Gasteiger partial charge in [0.1, 0.15) is 0 Å². The molecule has 3 heterocycles. The van der Waals surface area contributed by atoms with Gasteiger partial charge in [0.2, 0.25) is 12.7 Å². The van der Waals surface area contributed by atoms with Crippen molar-refractivity contribution >= 4 is 5.91 Å². The average molecular weight is 275 g/mol. The Bertz CT molecular complexity index is 544. The van der Waals surface area contributed by atoms with Crippen LogP contribution in [-0.4, -0.2) is 37.3 Å². The molecule has 0 radical (unpaired) electrons. The third-order valence-electron chi connectivity index (χ3n) is 4.18. The highest BCUT2D eigenvalue weighted by Gasteiger charge is 2.36. The third kappa shape index (κ3) is 1.92. The first kappa shape index (κ1) is 12.0. The summed E-state index contributed by atoms with van der Waals surface area (Å²) >= 11 is 0. The predicted octanol–water partition coefficient (Wildman–Crippen LogP) is 0.413. The number of ether oxygens (including phenoxy) is 2. The minimum Gasteiger partial charge on any atom is -0.454 e. The Hall–Kier alpha value is -1.79. The number of rotatable bonds is 3. The second kappa shape index (κ2) is 4.64. The van der Waals surface area contributed by atoms with Crippen molar-refractivity contribution in [2.45, 2.75) is 12.5 Å². The quantitative estimate of drug-likeness (QED) is 0.837. The van der Waals surface area contributed by atoms with E-state index in [2.05, 4.69) is 21.8 Å². The summed E-state index contributed by atoms with van der Waals surface area (Å²) in [5.74, 6) is 2.20. The van der Waals surface area contributed by atoms with Gasteiger partial charge < -0.3 is 14.8 Å². The minimum absolute atomic E-state index is 0.100. The van der Waals surface area contributed by atoms with Gasteiger partial charge in [0.15, 0.2) is 11.5 Å². The van der Waals surface area contributed by atoms with E-state index in [4.69, 9.17) is 9.47 Å². The standard InChI is InChI=1S/C14H17N3O3/c18-13-3-4-17(16-13)14(10-6-15-7-10)9-1-2-11-12(5-9)20-8-19-11/h1-2,5,10,14-15H,3-4,6-8H2,(H,16,18)/t14-/m0/s1. The lowest BCUT2D eigenvalue weighted by atomic mass is 9.88. The molecule has 0 aliphatic carbocycles. The van der Waals surface area contributed by atoms with Gasteiger partial charge in [-0.15, -0.1) is 0 Å². The van der Waals surface area contributed by atoms with E-state index in [1.165, 1.54) is 5.56 Å². The number of nitrogens with one attached hydrogen (secondary N) is 2. The molecule has 0 unspecified atom stereocenters. The van der Waals surface area contributed by atoms with Crippen molar-refractivity contribution in [3.05, 3.63) is 23.8 Å². The number of hydrazine groups is 1. The number of hydrogen-bond acceptors (Lipinski definition) is 5. The Balaban J connectivity index is 1.65. The predicted molar refractivity (Wildman–Crippen MR) is 71.1 cm³/mol. The summed E-state index contributed by atoms with van der Waals surface area (Å²) in [6.07, 6.45) is 0.571. The van der Waals surface area contributed by atoms with Gasteiger partial charge in [-0.05, 0) is 17.7 Å². The van der Waals surface area contributed by atoms with Crippen molar-refractivity contribution in [3.63, 3.8) is 0 Å². The Morgan fingerprint density at radius 2 is 2.10 bits per heavy atom. The average Bonchev–Trinajstić information content (AvgIpc) is 3.01. The first-order valence-electron chi connectivity index (χ1n) is 6.97. The highest BCUT2D eigenvalue weighted by atomic mass is 16.7. The van der Waals surface area contributed by atoms with Crippen LogP contribution in [0.2, 0.25) is 0 Å². The molecule has 0 saturated carbocycles. The highest BCUT2D eigenvalue weighted by molar-refractivity contribution is 5.77. The summed E-state index contributed by atoms with van der Waals surface area (Å²) in [5.41, 5.74) is 4.13. The number of nitrogens with zero attached hydrogens (tertiary/aromatic N) is 1. The van der Waals surface area contributed by atoms with Crippen molar-refractivity contribution in [1.29, 1.82) is 0 Å². The third-order valence-corrected chi connectivity index (χ3v) is 4.18. The lowest BCUT2D eigenvalue weighted by Crippen LogP contribution is -2.52. The zero-order chi connectivity index (χ0) is 13.5. The fourth-order valence-electron chi connectivity index (χ4n) is 3.04. The maximum absolute atomic E-state index is 11.5. The van der Waals surface area contributed by atoms with Crippen LogP contribution in [0.4, 0.5) is 0 Å². The van der Waals surface area contributed by atoms with E-state index in [1.54, 1.807) is 0 Å². The number of fused-ring (bicyclic) bond motifs is 1. The monoisotopic (exact) mass is 275 g/mol. The van der Waals surface area contributed by atoms with Crippen molar-refractivity contribution in [3.8, 4) is 11.5 Å². The molecule has 0 bridgehead atoms. The zero-order valence-corrected chi connectivity index (χ0v) is 11.1. The van der Waals surface area contributed by atoms with Gasteiger partial charge >= 0.3 is 0 Å². The molecule has 106 valence electrons. The number of benzene rings is 1. The largest absolute Gasteiger partial charge is 0.454 e. The molecular formula is C14H17N3O3. The molecule has 3 aliphatic heterocycles. The van der Waals surface area contributed by atoms with Gasteiger partial charge in [0, 0.05) is 32.0 Å². The van der Waals surface area contributed by atoms with Crippen LogP contribution in [-0.2, 0) is 4.79 Å². The second-order valence-electron chi connectivity index (χ2n) is 5.45. The molecule has 1 atom stereocenters. The summed E-state index contributed by atoms with van der Waals surface area (Å²) < 4.78 is 10.8. The Kier molecular flexibility index (Phi) is 2.78. The van der Waals surface area contributed by atoms with Gasteiger partial charge in [0.25, 0.3) is 0 Å². The van der Waals surface area contributed by atoms with Gasteiger partial charge in [-0.25, -0.2) is 5.01 Å². The lowest BCUT2D eigenvalue weighted by Gasteiger charge is -2.39. The van der Waals surface area contributed by atoms with E-state index in [0.717, 1.165) is 31.1 Å². The topological polar surface area (TPSA) is 62.8 Å². The van der Waals surface area contributed by atoms with Crippen molar-refractivity contribution < 1.29 is 14.3 Å². The first-order chi connectivity index (χ1) is 9.81. The summed E-state index contributed by atoms with van der Waals surface area (Å²) in [6, 6.07) is 6.25. The molecule has 2 saturated heterocycles. The number of carbonyl (C=O) groups is 1. The van der Waals surface area contributed by atoms with Crippen LogP contribution in [0.5, 0.6) is 11.5 Å². The van der Waals surface area contributed by atoms with E-state index in [-0.39, 0.29) is 18.7 Å². The SMILES string of the molecule is O=C1CCN([C@@H](c2ccc3c(c2)OCO3)C2CNC2)N1. The molecule has 4 rings (SSSR count). The lowest BCUT2D eigenvalue weighted by molar-refractivity contribution is -0.121. The van der Waals surface area contributed by atoms with Crippen molar-refractivity contribution in [1.82, 2.24) is 15.8 Å². The molecular weight excluding hydrogens is 258 g/mol. The van der Waals surface area contributed by atoms with E-state index in [1.807, 2.05) is 12.1 Å². The fraction of sp³-hybridized carbons (Fsp3) is 0.500. The normalized spacial score (nSPS) is 23.5. The van der Waals surface area contributed by atoms with Crippen LogP contribution in [0.15, 0.2) is 18.2 Å². The number of hydrogen-bond donors (Lipinski definition) is 2. The van der Waals surface area contributed by atoms with Gasteiger partial charge in [-0.3, -0.25) is 10.2 Å². The second-order valence-corrected chi connectivity index (χ2v) is 5.45. The molecule has 0 aromatic heterocycles. The molecule has 0 spiro atoms. The Morgan fingerprint density at radius 3 is 2.80 bits per heavy atom. The van der Waals surface area contributed by atoms with Crippen molar-refractivity contribution in [2.24, 2.45) is 5.92 Å². The Morgan fingerprint density at radius 1 is 1.25 bits per heavy atom. The molecule has 3 aliphatic rings. The molecule has 1 aromatic carbocycles. The molecule has 2 fully saturated rings. The number of carbonyl (C=O) groups excluding carboxylic acids is 1. The van der Waals surface area contributed by atoms with Gasteiger partial charge in [0.05, 0.1) is 6.04 Å². The molecule has 1 amide bonds. The fourth-order valence-corrected chi connectivity index (χ4v) is 3.04. The van der Waals surface area contributed by atoms with Crippen LogP contribution < -0.4 is 20.2 Å². The van der Waals surface area contributed by atoms with E-state index < -0.39 is 0 Å². The maximum Gasteiger partial charge on any atom is 0.235 e. The zero-order valence-electron chi connectivity index (χ0n) is 11.1. The van der Waals surface area contributed by atoms with Crippen molar-refractivity contribution in [2.75, 3.05) is 26.4 Å². The summed E-state index contributed by atoms with van der Waals surface area (Å²) in [6.45, 7) is 3.00. The molecule has 6 nitrogen and oxygen atoms in total. The van der Waals surface area contributed by atoms with E-state index in [9.17, 15) is 4.79 Å². The van der Waals surface area contributed by atoms with Crippen LogP contribution in [0.3, 0.4) is 0 Å². The first-order valence-corrected chi connectivity index (χ1v) is 6.97. The van der Waals surface area contributed by atoms with E-state index in [0.29, 0.717) is 12.3 Å². The maximum atomic E-state index is 11.5. The minimum atomic E-state index is 0.100. The van der Waals surface area contributed by atoms with Crippen LogP contribution >= 0.6 is 0 Å². The summed E-state index contributed by atoms with van der Waals surface area (Å²) in [4.78, 5) is 11.5. The molecule has 20 heavy (non-hydrogen) atoms. The Labute approximate surface area is 117 Å². The van der Waals surface area contributed by atoms with Gasteiger partial charge in [-0.2, -0.15) is 0 Å². The number of amides is 1. The van der Waals surface area contributed by atoms with Crippen LogP contribution in [0.25, 0.3) is 0 Å². The highest BCUT2D eigenvalue weighted by Crippen LogP contribution is 2.38. The molecule has 2 N–H and O–H groups in total. The summed E-state index contributed by atoms with van der Waals surface area (Å²) in [7, 11) is 0. The van der Waals surface area contributed by atoms with Gasteiger partial charge in [-0.1, -0.05) is 6.07 Å².